The molecule has 0 aromatic heterocycles. The van der Waals surface area contributed by atoms with Crippen molar-refractivity contribution in [3.8, 4) is 0 Å². The highest BCUT2D eigenvalue weighted by molar-refractivity contribution is 5.85. The lowest BCUT2D eigenvalue weighted by Gasteiger charge is -2.33. The number of rotatable bonds is 4. The van der Waals surface area contributed by atoms with Gasteiger partial charge in [0.15, 0.2) is 5.96 Å². The summed E-state index contributed by atoms with van der Waals surface area (Å²) in [6.45, 7) is 1.27. The molecule has 0 fully saturated rings. The molecule has 0 saturated heterocycles. The fraction of sp³-hybridized carbons (Fsp3) is 0.500. The number of ether oxygens (including phenoxy) is 2. The Balaban J connectivity index is 3.09. The third kappa shape index (κ3) is 3.85. The van der Waals surface area contributed by atoms with Crippen LogP contribution in [0.25, 0.3) is 0 Å². The van der Waals surface area contributed by atoms with Gasteiger partial charge < -0.3 is 31.4 Å². The van der Waals surface area contributed by atoms with E-state index in [0.29, 0.717) is 0 Å². The Labute approximate surface area is 109 Å². The van der Waals surface area contributed by atoms with Gasteiger partial charge in [0.25, 0.3) is 0 Å². The predicted molar refractivity (Wildman–Crippen MR) is 64.8 cm³/mol. The first-order valence-corrected chi connectivity index (χ1v) is 5.35. The Morgan fingerprint density at radius 3 is 2.58 bits per heavy atom. The van der Waals surface area contributed by atoms with Crippen molar-refractivity contribution in [1.82, 2.24) is 5.32 Å². The average molecular weight is 272 g/mol. The fourth-order valence-corrected chi connectivity index (χ4v) is 1.65. The number of nitrogens with two attached hydrogens (primary N) is 2. The van der Waals surface area contributed by atoms with Crippen molar-refractivity contribution in [3.63, 3.8) is 0 Å². The van der Waals surface area contributed by atoms with Crippen molar-refractivity contribution >= 4 is 17.8 Å². The largest absolute Gasteiger partial charge is 0.475 e. The van der Waals surface area contributed by atoms with Crippen LogP contribution in [0.2, 0.25) is 0 Å². The Morgan fingerprint density at radius 1 is 1.53 bits per heavy atom. The molecule has 1 amide bonds. The second-order valence-electron chi connectivity index (χ2n) is 3.82. The normalized spacial score (nSPS) is 25.8. The molecule has 19 heavy (non-hydrogen) atoms. The molecule has 1 aliphatic rings. The molecule has 0 unspecified atom stereocenters. The second-order valence-corrected chi connectivity index (χ2v) is 3.82. The summed E-state index contributed by atoms with van der Waals surface area (Å²) in [5.74, 6) is -2.28. The number of aliphatic carboxylic acids is 1. The fourth-order valence-electron chi connectivity index (χ4n) is 1.65. The highest BCUT2D eigenvalue weighted by atomic mass is 16.6. The van der Waals surface area contributed by atoms with Gasteiger partial charge in [0.1, 0.15) is 12.1 Å². The number of guanidine groups is 1. The number of methoxy groups -OCH3 is 1. The van der Waals surface area contributed by atoms with E-state index in [4.69, 9.17) is 26.0 Å². The van der Waals surface area contributed by atoms with Gasteiger partial charge in [-0.05, 0) is 6.08 Å². The molecule has 106 valence electrons. The minimum absolute atomic E-state index is 0.225. The van der Waals surface area contributed by atoms with E-state index in [1.54, 1.807) is 0 Å². The van der Waals surface area contributed by atoms with Gasteiger partial charge in [-0.3, -0.25) is 4.79 Å². The van der Waals surface area contributed by atoms with E-state index in [1.807, 2.05) is 0 Å². The molecule has 0 aromatic rings. The quantitative estimate of drug-likeness (QED) is 0.345. The van der Waals surface area contributed by atoms with Gasteiger partial charge in [-0.1, -0.05) is 0 Å². The van der Waals surface area contributed by atoms with Crippen LogP contribution in [0.5, 0.6) is 0 Å². The Kier molecular flexibility index (Phi) is 4.70. The molecule has 0 bridgehead atoms. The van der Waals surface area contributed by atoms with Gasteiger partial charge in [-0.15, -0.1) is 0 Å². The minimum Gasteiger partial charge on any atom is -0.475 e. The third-order valence-corrected chi connectivity index (χ3v) is 2.34. The lowest BCUT2D eigenvalue weighted by atomic mass is 10.1. The lowest BCUT2D eigenvalue weighted by molar-refractivity contribution is -0.145. The number of nitrogens with one attached hydrogen (secondary N) is 1. The zero-order valence-electron chi connectivity index (χ0n) is 10.5. The number of nitrogens with zero attached hydrogens (tertiary/aromatic N) is 1. The van der Waals surface area contributed by atoms with Crippen LogP contribution in [0, 0.1) is 0 Å². The van der Waals surface area contributed by atoms with Crippen molar-refractivity contribution < 1.29 is 24.2 Å². The molecule has 0 spiro atoms. The van der Waals surface area contributed by atoms with Gasteiger partial charge in [-0.25, -0.2) is 9.79 Å². The number of carboxylic acid groups (broad SMARTS) is 1. The van der Waals surface area contributed by atoms with Gasteiger partial charge in [0.05, 0.1) is 0 Å². The van der Waals surface area contributed by atoms with Crippen LogP contribution in [-0.2, 0) is 19.1 Å². The summed E-state index contributed by atoms with van der Waals surface area (Å²) in [7, 11) is 1.37. The van der Waals surface area contributed by atoms with E-state index in [-0.39, 0.29) is 11.7 Å². The number of hydrogen-bond acceptors (Lipinski definition) is 5. The van der Waals surface area contributed by atoms with Crippen LogP contribution in [0.3, 0.4) is 0 Å². The SMILES string of the molecule is CO[C@@H]1[C@@H](N=C(N)N)C=C(C(=O)O)O[C@@H]1NC(C)=O. The summed E-state index contributed by atoms with van der Waals surface area (Å²) < 4.78 is 10.3. The maximum Gasteiger partial charge on any atom is 0.371 e. The predicted octanol–water partition coefficient (Wildman–Crippen LogP) is -1.90. The molecule has 0 radical (unpaired) electrons. The van der Waals surface area contributed by atoms with Crippen LogP contribution in [0.1, 0.15) is 6.92 Å². The first-order valence-electron chi connectivity index (χ1n) is 5.35. The maximum absolute atomic E-state index is 11.1. The van der Waals surface area contributed by atoms with E-state index in [0.717, 1.165) is 0 Å². The van der Waals surface area contributed by atoms with Crippen LogP contribution >= 0.6 is 0 Å². The summed E-state index contributed by atoms with van der Waals surface area (Å²) in [5, 5.41) is 11.4. The molecule has 3 atom stereocenters. The van der Waals surface area contributed by atoms with Gasteiger partial charge in [0, 0.05) is 14.0 Å². The molecular formula is C10H16N4O5. The van der Waals surface area contributed by atoms with E-state index in [1.165, 1.54) is 20.1 Å². The monoisotopic (exact) mass is 272 g/mol. The van der Waals surface area contributed by atoms with Crippen molar-refractivity contribution in [2.24, 2.45) is 16.5 Å². The first kappa shape index (κ1) is 14.8. The third-order valence-electron chi connectivity index (χ3n) is 2.34. The van der Waals surface area contributed by atoms with Gasteiger partial charge in [-0.2, -0.15) is 0 Å². The van der Waals surface area contributed by atoms with Crippen molar-refractivity contribution in [3.05, 3.63) is 11.8 Å². The van der Waals surface area contributed by atoms with E-state index < -0.39 is 30.3 Å². The molecule has 0 aliphatic carbocycles. The lowest BCUT2D eigenvalue weighted by Crippen LogP contribution is -2.53. The number of aliphatic imine (C=N–C) groups is 1. The molecule has 9 nitrogen and oxygen atoms in total. The number of carboxylic acids is 1. The standard InChI is InChI=1S/C10H16N4O5/c1-4(15)13-8-7(18-2)5(14-10(11)12)3-6(19-8)9(16)17/h3,5,7-8H,1-2H3,(H,13,15)(H,16,17)(H4,11,12,14)/t5-,7+,8-/m0/s1. The van der Waals surface area contributed by atoms with Gasteiger partial charge >= 0.3 is 5.97 Å². The summed E-state index contributed by atoms with van der Waals surface area (Å²) >= 11 is 0. The van der Waals surface area contributed by atoms with Gasteiger partial charge in [0.2, 0.25) is 17.9 Å². The Bertz CT molecular complexity index is 430. The zero-order valence-corrected chi connectivity index (χ0v) is 10.5. The summed E-state index contributed by atoms with van der Waals surface area (Å²) in [6, 6.07) is -0.772. The van der Waals surface area contributed by atoms with Crippen molar-refractivity contribution in [2.75, 3.05) is 7.11 Å². The Morgan fingerprint density at radius 2 is 2.16 bits per heavy atom. The summed E-state index contributed by atoms with van der Waals surface area (Å²) in [6.07, 6.45) is -0.519. The number of hydrogen-bond donors (Lipinski definition) is 4. The molecule has 0 aromatic carbocycles. The van der Waals surface area contributed by atoms with E-state index in [9.17, 15) is 9.59 Å². The topological polar surface area (TPSA) is 149 Å². The van der Waals surface area contributed by atoms with E-state index >= 15 is 0 Å². The molecule has 1 rings (SSSR count). The number of amides is 1. The number of carbonyl (C=O) groups is 2. The average Bonchev–Trinajstić information content (AvgIpc) is 2.26. The zero-order chi connectivity index (χ0) is 14.6. The van der Waals surface area contributed by atoms with Crippen LogP contribution in [0.15, 0.2) is 16.8 Å². The first-order chi connectivity index (χ1) is 8.85. The molecular weight excluding hydrogens is 256 g/mol. The van der Waals surface area contributed by atoms with Crippen LogP contribution < -0.4 is 16.8 Å². The molecule has 1 aliphatic heterocycles. The maximum atomic E-state index is 11.1. The highest BCUT2D eigenvalue weighted by Crippen LogP contribution is 2.21. The summed E-state index contributed by atoms with van der Waals surface area (Å²) in [5.41, 5.74) is 10.6. The minimum atomic E-state index is -1.29. The molecule has 1 heterocycles. The Hall–Kier alpha value is -2.29. The van der Waals surface area contributed by atoms with Crippen molar-refractivity contribution in [2.45, 2.75) is 25.3 Å². The number of carbonyl (C=O) groups excluding carboxylic acids is 1. The van der Waals surface area contributed by atoms with Crippen LogP contribution in [-0.4, -0.2) is 48.4 Å². The molecule has 0 saturated carbocycles. The summed E-state index contributed by atoms with van der Waals surface area (Å²) in [4.78, 5) is 25.9. The van der Waals surface area contributed by atoms with Crippen LogP contribution in [0.4, 0.5) is 0 Å². The highest BCUT2D eigenvalue weighted by Gasteiger charge is 2.37. The van der Waals surface area contributed by atoms with E-state index in [2.05, 4.69) is 10.3 Å². The molecule has 9 heteroatoms. The molecule has 6 N–H and O–H groups in total. The van der Waals surface area contributed by atoms with Crippen molar-refractivity contribution in [1.29, 1.82) is 0 Å². The smallest absolute Gasteiger partial charge is 0.371 e. The second kappa shape index (κ2) is 6.05.